The maximum Gasteiger partial charge on any atom is 0.192 e. The van der Waals surface area contributed by atoms with Crippen LogP contribution in [0.4, 0.5) is 0 Å². The third-order valence-electron chi connectivity index (χ3n) is 4.29. The molecule has 0 bridgehead atoms. The molecule has 0 aromatic rings. The number of hydrogen-bond donors (Lipinski definition) is 0. The molecule has 3 heteroatoms. The molecule has 0 fully saturated rings. The average molecular weight is 297 g/mol. The van der Waals surface area contributed by atoms with Crippen molar-refractivity contribution >= 4 is 14.1 Å². The van der Waals surface area contributed by atoms with E-state index < -0.39 is 8.32 Å². The molecule has 0 unspecified atom stereocenters. The van der Waals surface area contributed by atoms with E-state index in [1.165, 1.54) is 0 Å². The number of rotatable bonds is 4. The first-order valence-electron chi connectivity index (χ1n) is 7.30. The second kappa shape index (κ2) is 6.42. The van der Waals surface area contributed by atoms with E-state index in [4.69, 9.17) is 4.43 Å². The number of carbonyl (C=O) groups is 1. The van der Waals surface area contributed by atoms with Crippen molar-refractivity contribution in [3.05, 3.63) is 16.9 Å². The van der Waals surface area contributed by atoms with Crippen LogP contribution in [0.3, 0.4) is 0 Å². The summed E-state index contributed by atoms with van der Waals surface area (Å²) in [6.07, 6.45) is 0. The lowest BCUT2D eigenvalue weighted by Gasteiger charge is -2.35. The van der Waals surface area contributed by atoms with Crippen molar-refractivity contribution in [2.45, 2.75) is 73.5 Å². The molecule has 0 N–H and O–H groups in total. The molecule has 0 spiro atoms. The summed E-state index contributed by atoms with van der Waals surface area (Å²) in [5, 5.41) is 0.127. The third kappa shape index (κ3) is 5.78. The minimum absolute atomic E-state index is 0.0402. The van der Waals surface area contributed by atoms with Crippen LogP contribution in [0.25, 0.3) is 0 Å². The summed E-state index contributed by atoms with van der Waals surface area (Å²) >= 11 is 0. The molecule has 116 valence electrons. The van der Waals surface area contributed by atoms with Crippen molar-refractivity contribution < 1.29 is 9.22 Å². The lowest BCUT2D eigenvalue weighted by Crippen LogP contribution is -2.42. The number of Topliss-reactive ketones (excluding diaryl/α,β-unsaturated/α-hetero) is 1. The average Bonchev–Trinajstić information content (AvgIpc) is 2.22. The lowest BCUT2D eigenvalue weighted by atomic mass is 9.88. The van der Waals surface area contributed by atoms with Crippen LogP contribution in [0.2, 0.25) is 18.1 Å². The van der Waals surface area contributed by atoms with Crippen LogP contribution < -0.4 is 0 Å². The summed E-state index contributed by atoms with van der Waals surface area (Å²) < 4.78 is 5.96. The Balaban J connectivity index is 4.95. The van der Waals surface area contributed by atoms with Crippen LogP contribution in [-0.2, 0) is 9.22 Å². The van der Waals surface area contributed by atoms with Gasteiger partial charge in [-0.2, -0.15) is 0 Å². The molecular formula is C17H32O2Si. The monoisotopic (exact) mass is 296 g/mol. The van der Waals surface area contributed by atoms with Crippen molar-refractivity contribution in [1.29, 1.82) is 0 Å². The van der Waals surface area contributed by atoms with E-state index in [2.05, 4.69) is 60.4 Å². The van der Waals surface area contributed by atoms with Gasteiger partial charge in [0.2, 0.25) is 0 Å². The van der Waals surface area contributed by atoms with Crippen molar-refractivity contribution in [3.63, 3.8) is 0 Å². The predicted molar refractivity (Wildman–Crippen MR) is 89.5 cm³/mol. The minimum Gasteiger partial charge on any atom is -0.409 e. The Labute approximate surface area is 126 Å². The van der Waals surface area contributed by atoms with Gasteiger partial charge in [0.25, 0.3) is 0 Å². The second-order valence-electron chi connectivity index (χ2n) is 8.10. The van der Waals surface area contributed by atoms with Gasteiger partial charge in [0.1, 0.15) is 0 Å². The maximum atomic E-state index is 12.2. The van der Waals surface area contributed by atoms with E-state index in [1.54, 1.807) is 0 Å². The molecule has 0 amide bonds. The lowest BCUT2D eigenvalue weighted by molar-refractivity contribution is -0.117. The molecule has 0 saturated heterocycles. The van der Waals surface area contributed by atoms with Gasteiger partial charge in [-0.25, -0.2) is 0 Å². The van der Waals surface area contributed by atoms with Gasteiger partial charge >= 0.3 is 0 Å². The van der Waals surface area contributed by atoms with Gasteiger partial charge in [0, 0.05) is 5.57 Å². The highest BCUT2D eigenvalue weighted by atomic mass is 28.4. The number of carbonyl (C=O) groups excluding carboxylic acids is 1. The third-order valence-corrected chi connectivity index (χ3v) is 8.77. The summed E-state index contributed by atoms with van der Waals surface area (Å²) in [4.78, 5) is 12.2. The van der Waals surface area contributed by atoms with Crippen LogP contribution >= 0.6 is 0 Å². The number of ketones is 1. The van der Waals surface area contributed by atoms with Gasteiger partial charge in [-0.05, 0) is 43.0 Å². The molecular weight excluding hydrogens is 264 g/mol. The highest BCUT2D eigenvalue weighted by molar-refractivity contribution is 6.74. The van der Waals surface area contributed by atoms with E-state index in [-0.39, 0.29) is 22.8 Å². The molecule has 0 radical (unpaired) electrons. The molecule has 0 heterocycles. The molecule has 0 aliphatic carbocycles. The Kier molecular flexibility index (Phi) is 6.22. The summed E-state index contributed by atoms with van der Waals surface area (Å²) in [6.45, 7) is 21.2. The molecule has 0 aliphatic heterocycles. The number of hydrogen-bond acceptors (Lipinski definition) is 2. The molecule has 0 aromatic heterocycles. The minimum atomic E-state index is -1.86. The van der Waals surface area contributed by atoms with E-state index in [0.717, 1.165) is 5.57 Å². The molecule has 20 heavy (non-hydrogen) atoms. The topological polar surface area (TPSA) is 26.3 Å². The summed E-state index contributed by atoms with van der Waals surface area (Å²) in [5.41, 5.74) is 5.01. The van der Waals surface area contributed by atoms with Gasteiger partial charge < -0.3 is 4.43 Å². The first-order valence-corrected chi connectivity index (χ1v) is 10.2. The van der Waals surface area contributed by atoms with Crippen LogP contribution in [-0.4, -0.2) is 20.7 Å². The van der Waals surface area contributed by atoms with E-state index in [1.807, 2.05) is 13.8 Å². The Hall–Kier alpha value is -0.633. The Morgan fingerprint density at radius 2 is 1.50 bits per heavy atom. The molecule has 2 nitrogen and oxygen atoms in total. The zero-order valence-electron chi connectivity index (χ0n) is 15.0. The molecule has 0 atom stereocenters. The van der Waals surface area contributed by atoms with Gasteiger partial charge in [-0.3, -0.25) is 4.79 Å². The van der Waals surface area contributed by atoms with Crippen LogP contribution in [0, 0.1) is 5.41 Å². The fourth-order valence-electron chi connectivity index (χ4n) is 1.11. The second-order valence-corrected chi connectivity index (χ2v) is 12.9. The normalized spacial score (nSPS) is 12.9. The van der Waals surface area contributed by atoms with Crippen molar-refractivity contribution in [2.24, 2.45) is 5.41 Å². The standard InChI is InChI=1S/C17H32O2Si/c1-13(11-14(2)16(3,4)5)15(18)12-19-20(9,10)17(6,7)8/h12H2,1-10H3. The zero-order valence-corrected chi connectivity index (χ0v) is 16.0. The smallest absolute Gasteiger partial charge is 0.192 e. The summed E-state index contributed by atoms with van der Waals surface area (Å²) in [5.74, 6) is 0.0402. The Morgan fingerprint density at radius 1 is 1.05 bits per heavy atom. The SMILES string of the molecule is CC(=C=C(C)C(C)(C)C)C(=O)CO[Si](C)(C)C(C)(C)C. The van der Waals surface area contributed by atoms with Crippen LogP contribution in [0.15, 0.2) is 16.9 Å². The van der Waals surface area contributed by atoms with Crippen molar-refractivity contribution in [2.75, 3.05) is 6.61 Å². The summed E-state index contributed by atoms with van der Waals surface area (Å²) in [7, 11) is -1.86. The quantitative estimate of drug-likeness (QED) is 0.409. The maximum absolute atomic E-state index is 12.2. The fourth-order valence-corrected chi connectivity index (χ4v) is 2.03. The molecule has 0 aromatic carbocycles. The van der Waals surface area contributed by atoms with Crippen LogP contribution in [0.1, 0.15) is 55.4 Å². The molecule has 0 aliphatic rings. The first kappa shape index (κ1) is 19.4. The highest BCUT2D eigenvalue weighted by Gasteiger charge is 2.37. The Bertz CT molecular complexity index is 425. The van der Waals surface area contributed by atoms with Crippen molar-refractivity contribution in [3.8, 4) is 0 Å². The van der Waals surface area contributed by atoms with Gasteiger partial charge in [-0.15, -0.1) is 5.73 Å². The van der Waals surface area contributed by atoms with Gasteiger partial charge in [0.05, 0.1) is 6.61 Å². The van der Waals surface area contributed by atoms with Crippen molar-refractivity contribution in [1.82, 2.24) is 0 Å². The molecule has 0 rings (SSSR count). The fraction of sp³-hybridized carbons (Fsp3) is 0.765. The van der Waals surface area contributed by atoms with E-state index in [0.29, 0.717) is 5.57 Å². The van der Waals surface area contributed by atoms with Crippen LogP contribution in [0.5, 0.6) is 0 Å². The van der Waals surface area contributed by atoms with E-state index in [9.17, 15) is 4.79 Å². The first-order chi connectivity index (χ1) is 8.68. The predicted octanol–water partition coefficient (Wildman–Crippen LogP) is 5.11. The van der Waals surface area contributed by atoms with Gasteiger partial charge in [0.15, 0.2) is 14.1 Å². The van der Waals surface area contributed by atoms with E-state index >= 15 is 0 Å². The van der Waals surface area contributed by atoms with Gasteiger partial charge in [-0.1, -0.05) is 41.5 Å². The zero-order chi connectivity index (χ0) is 16.4. The highest BCUT2D eigenvalue weighted by Crippen LogP contribution is 2.36. The Morgan fingerprint density at radius 3 is 1.85 bits per heavy atom. The molecule has 0 saturated carbocycles. The largest absolute Gasteiger partial charge is 0.409 e. The summed E-state index contributed by atoms with van der Waals surface area (Å²) in [6, 6.07) is 0.